The summed E-state index contributed by atoms with van der Waals surface area (Å²) in [5.41, 5.74) is 7.37. The Labute approximate surface area is 130 Å². The number of thiazole rings is 1. The smallest absolute Gasteiger partial charge is 0.225 e. The second-order valence-corrected chi connectivity index (χ2v) is 8.47. The molecule has 2 fully saturated rings. The number of rotatable bonds is 3. The van der Waals surface area contributed by atoms with Gasteiger partial charge in [-0.2, -0.15) is 0 Å². The normalized spacial score (nSPS) is 31.6. The van der Waals surface area contributed by atoms with Gasteiger partial charge in [-0.15, -0.1) is 11.3 Å². The highest BCUT2D eigenvalue weighted by atomic mass is 32.1. The van der Waals surface area contributed by atoms with Crippen LogP contribution in [-0.4, -0.2) is 16.9 Å². The Hall–Kier alpha value is -0.940. The fourth-order valence-corrected chi connectivity index (χ4v) is 4.70. The van der Waals surface area contributed by atoms with Crippen molar-refractivity contribution in [3.8, 4) is 0 Å². The zero-order chi connectivity index (χ0) is 15.2. The standard InChI is InChI=1S/C16H25N3OS/c1-16(2,3)11-8-21-12(19-11)7-18-15(20)13-9-4-5-10(6-9)14(13)17/h8-10,13-14H,4-7,17H2,1-3H3,(H,18,20). The van der Waals surface area contributed by atoms with E-state index in [1.807, 2.05) is 0 Å². The number of amides is 1. The van der Waals surface area contributed by atoms with Gasteiger partial charge in [0.25, 0.3) is 0 Å². The van der Waals surface area contributed by atoms with Gasteiger partial charge in [-0.3, -0.25) is 4.79 Å². The molecule has 1 amide bonds. The van der Waals surface area contributed by atoms with Gasteiger partial charge < -0.3 is 11.1 Å². The summed E-state index contributed by atoms with van der Waals surface area (Å²) in [5.74, 6) is 1.22. The minimum atomic E-state index is 0.0193. The van der Waals surface area contributed by atoms with Crippen LogP contribution in [0, 0.1) is 17.8 Å². The molecule has 0 radical (unpaired) electrons. The highest BCUT2D eigenvalue weighted by Crippen LogP contribution is 2.47. The zero-order valence-electron chi connectivity index (χ0n) is 13.1. The van der Waals surface area contributed by atoms with Crippen LogP contribution in [0.3, 0.4) is 0 Å². The molecule has 21 heavy (non-hydrogen) atoms. The quantitative estimate of drug-likeness (QED) is 0.901. The third-order valence-corrected chi connectivity index (χ3v) is 5.87. The lowest BCUT2D eigenvalue weighted by Gasteiger charge is -2.26. The van der Waals surface area contributed by atoms with Crippen LogP contribution in [-0.2, 0) is 16.8 Å². The van der Waals surface area contributed by atoms with Crippen LogP contribution in [0.1, 0.15) is 50.7 Å². The van der Waals surface area contributed by atoms with Crippen LogP contribution in [0.15, 0.2) is 5.38 Å². The fourth-order valence-electron chi connectivity index (χ4n) is 3.74. The van der Waals surface area contributed by atoms with Gasteiger partial charge in [-0.25, -0.2) is 4.98 Å². The molecule has 3 rings (SSSR count). The van der Waals surface area contributed by atoms with Gasteiger partial charge >= 0.3 is 0 Å². The summed E-state index contributed by atoms with van der Waals surface area (Å²) >= 11 is 1.62. The highest BCUT2D eigenvalue weighted by Gasteiger charge is 2.48. The summed E-state index contributed by atoms with van der Waals surface area (Å²) in [4.78, 5) is 17.0. The molecule has 3 N–H and O–H groups in total. The number of nitrogens with zero attached hydrogens (tertiary/aromatic N) is 1. The zero-order valence-corrected chi connectivity index (χ0v) is 13.9. The van der Waals surface area contributed by atoms with Gasteiger partial charge in [0.1, 0.15) is 5.01 Å². The molecule has 1 heterocycles. The SMILES string of the molecule is CC(C)(C)c1csc(CNC(=O)C2C3CCC(C3)C2N)n1. The lowest BCUT2D eigenvalue weighted by atomic mass is 9.84. The number of hydrogen-bond donors (Lipinski definition) is 2. The van der Waals surface area contributed by atoms with Gasteiger partial charge in [-0.1, -0.05) is 20.8 Å². The van der Waals surface area contributed by atoms with E-state index in [-0.39, 0.29) is 23.3 Å². The number of carbonyl (C=O) groups is 1. The van der Waals surface area contributed by atoms with Crippen LogP contribution in [0.25, 0.3) is 0 Å². The monoisotopic (exact) mass is 307 g/mol. The molecule has 1 aromatic rings. The lowest BCUT2D eigenvalue weighted by Crippen LogP contribution is -2.45. The molecule has 0 saturated heterocycles. The van der Waals surface area contributed by atoms with E-state index in [2.05, 4.69) is 36.5 Å². The minimum absolute atomic E-state index is 0.0193. The minimum Gasteiger partial charge on any atom is -0.349 e. The topological polar surface area (TPSA) is 68.0 Å². The maximum Gasteiger partial charge on any atom is 0.225 e. The van der Waals surface area contributed by atoms with E-state index >= 15 is 0 Å². The first-order chi connectivity index (χ1) is 9.86. The van der Waals surface area contributed by atoms with E-state index in [9.17, 15) is 4.79 Å². The van der Waals surface area contributed by atoms with Gasteiger partial charge in [0.15, 0.2) is 0 Å². The first kappa shape index (κ1) is 15.0. The molecule has 116 valence electrons. The summed E-state index contributed by atoms with van der Waals surface area (Å²) in [6.45, 7) is 6.98. The van der Waals surface area contributed by atoms with Crippen LogP contribution in [0.5, 0.6) is 0 Å². The Morgan fingerprint density at radius 3 is 2.71 bits per heavy atom. The molecule has 0 spiro atoms. The number of fused-ring (bicyclic) bond motifs is 2. The van der Waals surface area contributed by atoms with Crippen molar-refractivity contribution in [2.24, 2.45) is 23.5 Å². The van der Waals surface area contributed by atoms with Crippen molar-refractivity contribution in [3.05, 3.63) is 16.1 Å². The largest absolute Gasteiger partial charge is 0.349 e. The van der Waals surface area contributed by atoms with Crippen molar-refractivity contribution in [2.75, 3.05) is 0 Å². The van der Waals surface area contributed by atoms with E-state index < -0.39 is 0 Å². The molecule has 4 nitrogen and oxygen atoms in total. The van der Waals surface area contributed by atoms with Crippen LogP contribution in [0.4, 0.5) is 0 Å². The molecule has 0 aromatic carbocycles. The van der Waals surface area contributed by atoms with Crippen molar-refractivity contribution in [1.82, 2.24) is 10.3 Å². The molecule has 5 heteroatoms. The van der Waals surface area contributed by atoms with E-state index in [0.717, 1.165) is 17.1 Å². The van der Waals surface area contributed by atoms with E-state index in [1.165, 1.54) is 12.8 Å². The Kier molecular flexibility index (Phi) is 3.82. The van der Waals surface area contributed by atoms with Gasteiger partial charge in [-0.05, 0) is 31.1 Å². The number of aromatic nitrogens is 1. The molecular formula is C16H25N3OS. The first-order valence-corrected chi connectivity index (χ1v) is 8.72. The maximum atomic E-state index is 12.4. The fraction of sp³-hybridized carbons (Fsp3) is 0.750. The number of hydrogen-bond acceptors (Lipinski definition) is 4. The van der Waals surface area contributed by atoms with Crippen LogP contribution < -0.4 is 11.1 Å². The van der Waals surface area contributed by atoms with Gasteiger partial charge in [0.2, 0.25) is 5.91 Å². The van der Waals surface area contributed by atoms with Crippen LogP contribution in [0.2, 0.25) is 0 Å². The first-order valence-electron chi connectivity index (χ1n) is 7.84. The predicted molar refractivity (Wildman–Crippen MR) is 85.0 cm³/mol. The van der Waals surface area contributed by atoms with Crippen molar-refractivity contribution >= 4 is 17.2 Å². The molecule has 4 unspecified atom stereocenters. The molecule has 0 aliphatic heterocycles. The highest BCUT2D eigenvalue weighted by molar-refractivity contribution is 7.09. The Balaban J connectivity index is 1.58. The number of carbonyl (C=O) groups excluding carboxylic acids is 1. The molecule has 2 saturated carbocycles. The summed E-state index contributed by atoms with van der Waals surface area (Å²) in [5, 5.41) is 6.11. The van der Waals surface area contributed by atoms with Crippen molar-refractivity contribution in [3.63, 3.8) is 0 Å². The average molecular weight is 307 g/mol. The third-order valence-electron chi connectivity index (χ3n) is 5.02. The Morgan fingerprint density at radius 2 is 2.14 bits per heavy atom. The molecule has 1 aromatic heterocycles. The second kappa shape index (κ2) is 5.36. The van der Waals surface area contributed by atoms with Crippen LogP contribution >= 0.6 is 11.3 Å². The van der Waals surface area contributed by atoms with Crippen molar-refractivity contribution < 1.29 is 4.79 Å². The average Bonchev–Trinajstić information content (AvgIpc) is 3.10. The van der Waals surface area contributed by atoms with Crippen molar-refractivity contribution in [1.29, 1.82) is 0 Å². The Morgan fingerprint density at radius 1 is 1.43 bits per heavy atom. The predicted octanol–water partition coefficient (Wildman–Crippen LogP) is 2.43. The molecular weight excluding hydrogens is 282 g/mol. The molecule has 4 atom stereocenters. The second-order valence-electron chi connectivity index (χ2n) is 7.53. The Bertz CT molecular complexity index is 532. The van der Waals surface area contributed by atoms with E-state index in [4.69, 9.17) is 5.73 Å². The number of nitrogens with one attached hydrogen (secondary N) is 1. The summed E-state index contributed by atoms with van der Waals surface area (Å²) in [6, 6.07) is 0.0604. The van der Waals surface area contributed by atoms with Gasteiger partial charge in [0, 0.05) is 16.8 Å². The summed E-state index contributed by atoms with van der Waals surface area (Å²) in [7, 11) is 0. The van der Waals surface area contributed by atoms with Crippen molar-refractivity contribution in [2.45, 2.75) is 58.0 Å². The molecule has 2 aliphatic carbocycles. The lowest BCUT2D eigenvalue weighted by molar-refractivity contribution is -0.127. The third kappa shape index (κ3) is 2.86. The van der Waals surface area contributed by atoms with E-state index in [1.54, 1.807) is 11.3 Å². The number of nitrogens with two attached hydrogens (primary N) is 1. The summed E-state index contributed by atoms with van der Waals surface area (Å²) < 4.78 is 0. The molecule has 2 bridgehead atoms. The molecule has 2 aliphatic rings. The maximum absolute atomic E-state index is 12.4. The van der Waals surface area contributed by atoms with E-state index in [0.29, 0.717) is 18.4 Å². The summed E-state index contributed by atoms with van der Waals surface area (Å²) in [6.07, 6.45) is 3.52. The van der Waals surface area contributed by atoms with Gasteiger partial charge in [0.05, 0.1) is 18.2 Å².